The molecule has 172 valence electrons. The first kappa shape index (κ1) is 22.8. The molecule has 1 amide bonds. The van der Waals surface area contributed by atoms with Gasteiger partial charge in [0.15, 0.2) is 0 Å². The fourth-order valence-corrected chi connectivity index (χ4v) is 6.69. The zero-order valence-corrected chi connectivity index (χ0v) is 20.1. The molecular formula is C26H34N2O3S. The van der Waals surface area contributed by atoms with E-state index in [1.54, 1.807) is 12.1 Å². The SMILES string of the molecule is Cc1cc(C)c(S(=O)(=O)Nc2ccc(C3(C(=O)NC4CCCCCC4)CC3)cc2)c(C)c1. The molecule has 0 radical (unpaired) electrons. The quantitative estimate of drug-likeness (QED) is 0.583. The molecule has 5 nitrogen and oxygen atoms in total. The normalized spacial score (nSPS) is 18.6. The molecule has 2 aliphatic carbocycles. The summed E-state index contributed by atoms with van der Waals surface area (Å²) in [5, 5.41) is 3.30. The minimum atomic E-state index is -3.69. The lowest BCUT2D eigenvalue weighted by Gasteiger charge is -2.22. The van der Waals surface area contributed by atoms with Crippen molar-refractivity contribution in [1.82, 2.24) is 5.32 Å². The van der Waals surface area contributed by atoms with E-state index >= 15 is 0 Å². The van der Waals surface area contributed by atoms with Crippen LogP contribution in [0.4, 0.5) is 5.69 Å². The molecule has 2 aliphatic rings. The van der Waals surface area contributed by atoms with Crippen LogP contribution in [0, 0.1) is 20.8 Å². The van der Waals surface area contributed by atoms with E-state index in [1.807, 2.05) is 45.0 Å². The van der Waals surface area contributed by atoms with Gasteiger partial charge in [0.25, 0.3) is 10.0 Å². The molecule has 0 heterocycles. The third-order valence-corrected chi connectivity index (χ3v) is 8.62. The van der Waals surface area contributed by atoms with E-state index in [1.165, 1.54) is 25.7 Å². The van der Waals surface area contributed by atoms with Crippen molar-refractivity contribution in [3.05, 3.63) is 58.7 Å². The summed E-state index contributed by atoms with van der Waals surface area (Å²) in [5.41, 5.74) is 3.54. The van der Waals surface area contributed by atoms with Crippen LogP contribution in [0.2, 0.25) is 0 Å². The third-order valence-electron chi connectivity index (χ3n) is 6.94. The number of nitrogens with one attached hydrogen (secondary N) is 2. The van der Waals surface area contributed by atoms with E-state index in [9.17, 15) is 13.2 Å². The number of carbonyl (C=O) groups excluding carboxylic acids is 1. The highest BCUT2D eigenvalue weighted by molar-refractivity contribution is 7.92. The molecule has 0 aliphatic heterocycles. The van der Waals surface area contributed by atoms with E-state index < -0.39 is 15.4 Å². The van der Waals surface area contributed by atoms with Gasteiger partial charge in [-0.1, -0.05) is 55.5 Å². The number of hydrogen-bond acceptors (Lipinski definition) is 3. The van der Waals surface area contributed by atoms with Crippen molar-refractivity contribution in [2.45, 2.75) is 88.5 Å². The molecule has 2 aromatic carbocycles. The molecule has 2 N–H and O–H groups in total. The van der Waals surface area contributed by atoms with Crippen LogP contribution in [0.3, 0.4) is 0 Å². The van der Waals surface area contributed by atoms with E-state index in [0.29, 0.717) is 10.6 Å². The molecule has 0 saturated heterocycles. The Balaban J connectivity index is 1.48. The Morgan fingerprint density at radius 1 is 0.906 bits per heavy atom. The zero-order valence-electron chi connectivity index (χ0n) is 19.3. The second-order valence-corrected chi connectivity index (χ2v) is 11.3. The smallest absolute Gasteiger partial charge is 0.262 e. The van der Waals surface area contributed by atoms with Gasteiger partial charge in [0.1, 0.15) is 0 Å². The first-order valence-corrected chi connectivity index (χ1v) is 13.2. The Hall–Kier alpha value is -2.34. The first-order chi connectivity index (χ1) is 15.2. The standard InChI is InChI=1S/C26H34N2O3S/c1-18-16-19(2)24(20(3)17-18)32(30,31)28-23-12-10-21(11-13-23)26(14-15-26)25(29)27-22-8-6-4-5-7-9-22/h10-13,16-17,22,28H,4-9,14-15H2,1-3H3,(H,27,29). The molecule has 2 saturated carbocycles. The molecule has 0 atom stereocenters. The van der Waals surface area contributed by atoms with Crippen molar-refractivity contribution in [3.8, 4) is 0 Å². The Morgan fingerprint density at radius 2 is 1.47 bits per heavy atom. The molecule has 6 heteroatoms. The Morgan fingerprint density at radius 3 is 2.00 bits per heavy atom. The maximum absolute atomic E-state index is 13.1. The fraction of sp³-hybridized carbons (Fsp3) is 0.500. The van der Waals surface area contributed by atoms with Crippen LogP contribution in [-0.4, -0.2) is 20.4 Å². The maximum Gasteiger partial charge on any atom is 0.262 e. The topological polar surface area (TPSA) is 75.3 Å². The summed E-state index contributed by atoms with van der Waals surface area (Å²) in [4.78, 5) is 13.4. The largest absolute Gasteiger partial charge is 0.353 e. The number of amides is 1. The van der Waals surface area contributed by atoms with Crippen LogP contribution in [0.25, 0.3) is 0 Å². The lowest BCUT2D eigenvalue weighted by Crippen LogP contribution is -2.41. The average Bonchev–Trinajstić information content (AvgIpc) is 3.53. The number of sulfonamides is 1. The highest BCUT2D eigenvalue weighted by atomic mass is 32.2. The predicted molar refractivity (Wildman–Crippen MR) is 128 cm³/mol. The summed E-state index contributed by atoms with van der Waals surface area (Å²) < 4.78 is 28.8. The molecule has 32 heavy (non-hydrogen) atoms. The van der Waals surface area contributed by atoms with Crippen LogP contribution >= 0.6 is 0 Å². The molecule has 2 fully saturated rings. The highest BCUT2D eigenvalue weighted by Crippen LogP contribution is 2.49. The molecule has 2 aromatic rings. The summed E-state index contributed by atoms with van der Waals surface area (Å²) in [6.45, 7) is 5.60. The number of hydrogen-bond donors (Lipinski definition) is 2. The molecule has 0 bridgehead atoms. The van der Waals surface area contributed by atoms with Crippen molar-refractivity contribution < 1.29 is 13.2 Å². The first-order valence-electron chi connectivity index (χ1n) is 11.7. The van der Waals surface area contributed by atoms with Gasteiger partial charge in [-0.05, 0) is 75.3 Å². The zero-order chi connectivity index (χ0) is 22.9. The van der Waals surface area contributed by atoms with Crippen molar-refractivity contribution >= 4 is 21.6 Å². The number of benzene rings is 2. The second-order valence-electron chi connectivity index (χ2n) is 9.65. The third kappa shape index (κ3) is 4.70. The van der Waals surface area contributed by atoms with Crippen LogP contribution < -0.4 is 10.0 Å². The lowest BCUT2D eigenvalue weighted by molar-refractivity contribution is -0.124. The van der Waals surface area contributed by atoms with E-state index in [4.69, 9.17) is 0 Å². The van der Waals surface area contributed by atoms with Gasteiger partial charge in [-0.3, -0.25) is 9.52 Å². The molecule has 0 aromatic heterocycles. The number of aryl methyl sites for hydroxylation is 3. The van der Waals surface area contributed by atoms with Gasteiger partial charge in [-0.25, -0.2) is 8.42 Å². The van der Waals surface area contributed by atoms with E-state index in [2.05, 4.69) is 10.0 Å². The van der Waals surface area contributed by atoms with Crippen molar-refractivity contribution in [1.29, 1.82) is 0 Å². The molecule has 0 unspecified atom stereocenters. The average molecular weight is 455 g/mol. The van der Waals surface area contributed by atoms with Gasteiger partial charge < -0.3 is 5.32 Å². The van der Waals surface area contributed by atoms with Gasteiger partial charge in [-0.15, -0.1) is 0 Å². The van der Waals surface area contributed by atoms with Gasteiger partial charge in [0.2, 0.25) is 5.91 Å². The second kappa shape index (κ2) is 8.89. The van der Waals surface area contributed by atoms with Crippen LogP contribution in [0.1, 0.15) is 73.6 Å². The van der Waals surface area contributed by atoms with Gasteiger partial charge in [-0.2, -0.15) is 0 Å². The maximum atomic E-state index is 13.1. The Labute approximate surface area is 192 Å². The van der Waals surface area contributed by atoms with Crippen molar-refractivity contribution in [2.75, 3.05) is 4.72 Å². The summed E-state index contributed by atoms with van der Waals surface area (Å²) in [6.07, 6.45) is 8.73. The van der Waals surface area contributed by atoms with Gasteiger partial charge in [0, 0.05) is 11.7 Å². The highest BCUT2D eigenvalue weighted by Gasteiger charge is 2.51. The van der Waals surface area contributed by atoms with Gasteiger partial charge in [0.05, 0.1) is 10.3 Å². The number of rotatable bonds is 6. The van der Waals surface area contributed by atoms with Gasteiger partial charge >= 0.3 is 0 Å². The summed E-state index contributed by atoms with van der Waals surface area (Å²) >= 11 is 0. The van der Waals surface area contributed by atoms with Crippen LogP contribution in [0.15, 0.2) is 41.3 Å². The minimum absolute atomic E-state index is 0.128. The number of anilines is 1. The van der Waals surface area contributed by atoms with Crippen molar-refractivity contribution in [3.63, 3.8) is 0 Å². The summed E-state index contributed by atoms with van der Waals surface area (Å²) in [5.74, 6) is 0.128. The lowest BCUT2D eigenvalue weighted by atomic mass is 9.94. The minimum Gasteiger partial charge on any atom is -0.353 e. The van der Waals surface area contributed by atoms with Crippen molar-refractivity contribution in [2.24, 2.45) is 0 Å². The molecule has 4 rings (SSSR count). The fourth-order valence-electron chi connectivity index (χ4n) is 5.17. The summed E-state index contributed by atoms with van der Waals surface area (Å²) in [7, 11) is -3.69. The number of carbonyl (C=O) groups is 1. The Bertz CT molecular complexity index is 1070. The molecular weight excluding hydrogens is 420 g/mol. The monoisotopic (exact) mass is 454 g/mol. The molecule has 0 spiro atoms. The van der Waals surface area contributed by atoms with Crippen LogP contribution in [0.5, 0.6) is 0 Å². The van der Waals surface area contributed by atoms with E-state index in [0.717, 1.165) is 47.9 Å². The summed E-state index contributed by atoms with van der Waals surface area (Å²) in [6, 6.07) is 11.4. The Kier molecular flexibility index (Phi) is 6.35. The van der Waals surface area contributed by atoms with Crippen LogP contribution in [-0.2, 0) is 20.2 Å². The predicted octanol–water partition coefficient (Wildman–Crippen LogP) is 5.28. The van der Waals surface area contributed by atoms with E-state index in [-0.39, 0.29) is 11.9 Å².